The number of nitrogens with zero attached hydrogens (tertiary/aromatic N) is 2. The highest BCUT2D eigenvalue weighted by Crippen LogP contribution is 2.03. The van der Waals surface area contributed by atoms with E-state index in [1.54, 1.807) is 18.9 Å². The molecule has 1 atom stereocenters. The molecule has 0 saturated carbocycles. The number of hydrogen-bond acceptors (Lipinski definition) is 3. The van der Waals surface area contributed by atoms with E-state index in [-0.39, 0.29) is 12.5 Å². The van der Waals surface area contributed by atoms with Gasteiger partial charge in [0, 0.05) is 20.1 Å². The zero-order valence-corrected chi connectivity index (χ0v) is 10.7. The van der Waals surface area contributed by atoms with Crippen molar-refractivity contribution in [2.24, 2.45) is 0 Å². The van der Waals surface area contributed by atoms with Crippen LogP contribution in [0.25, 0.3) is 0 Å². The number of hydrogen-bond donors (Lipinski definition) is 2. The second-order valence-corrected chi connectivity index (χ2v) is 4.34. The Morgan fingerprint density at radius 2 is 2.11 bits per heavy atom. The number of likely N-dealkylation sites (N-methyl/N-ethyl adjacent to an activating group) is 1. The van der Waals surface area contributed by atoms with Crippen LogP contribution in [0.4, 0.5) is 4.79 Å². The van der Waals surface area contributed by atoms with Gasteiger partial charge in [-0.2, -0.15) is 0 Å². The van der Waals surface area contributed by atoms with E-state index < -0.39 is 18.0 Å². The summed E-state index contributed by atoms with van der Waals surface area (Å²) in [5, 5.41) is 11.3. The molecule has 3 amide bonds. The first-order valence-electron chi connectivity index (χ1n) is 5.98. The van der Waals surface area contributed by atoms with Gasteiger partial charge >= 0.3 is 12.0 Å². The Labute approximate surface area is 106 Å². The summed E-state index contributed by atoms with van der Waals surface area (Å²) in [5.41, 5.74) is 0. The second-order valence-electron chi connectivity index (χ2n) is 4.34. The number of carboxylic acid groups (broad SMARTS) is 1. The molecule has 1 fully saturated rings. The number of aliphatic carboxylic acids is 1. The van der Waals surface area contributed by atoms with Crippen LogP contribution in [0.15, 0.2) is 0 Å². The smallest absolute Gasteiger partial charge is 0.326 e. The average molecular weight is 257 g/mol. The standard InChI is InChI=1S/C11H19N3O4/c1-3-8(10(16)17)12-11(18)14-6-4-5-13(2)9(15)7-14/h8H,3-7H2,1-2H3,(H,12,18)(H,16,17)/t8-/m1/s1. The summed E-state index contributed by atoms with van der Waals surface area (Å²) in [7, 11) is 1.69. The summed E-state index contributed by atoms with van der Waals surface area (Å²) in [6.45, 7) is 2.75. The van der Waals surface area contributed by atoms with Crippen LogP contribution >= 0.6 is 0 Å². The van der Waals surface area contributed by atoms with Crippen LogP contribution < -0.4 is 5.32 Å². The van der Waals surface area contributed by atoms with Gasteiger partial charge in [0.25, 0.3) is 0 Å². The van der Waals surface area contributed by atoms with Crippen LogP contribution in [0.2, 0.25) is 0 Å². The molecule has 1 heterocycles. The van der Waals surface area contributed by atoms with Gasteiger partial charge in [-0.3, -0.25) is 4.79 Å². The Morgan fingerprint density at radius 3 is 2.67 bits per heavy atom. The molecule has 1 saturated heterocycles. The highest BCUT2D eigenvalue weighted by Gasteiger charge is 2.25. The molecule has 0 aromatic rings. The molecule has 2 N–H and O–H groups in total. The van der Waals surface area contributed by atoms with Crippen molar-refractivity contribution in [3.63, 3.8) is 0 Å². The first kappa shape index (κ1) is 14.3. The van der Waals surface area contributed by atoms with Crippen LogP contribution in [0.3, 0.4) is 0 Å². The lowest BCUT2D eigenvalue weighted by Gasteiger charge is -2.22. The summed E-state index contributed by atoms with van der Waals surface area (Å²) >= 11 is 0. The Bertz CT molecular complexity index is 345. The molecule has 0 bridgehead atoms. The van der Waals surface area contributed by atoms with E-state index in [2.05, 4.69) is 5.32 Å². The normalized spacial score (nSPS) is 18.2. The molecule has 0 spiro atoms. The highest BCUT2D eigenvalue weighted by atomic mass is 16.4. The fraction of sp³-hybridized carbons (Fsp3) is 0.727. The van der Waals surface area contributed by atoms with Crippen molar-refractivity contribution in [3.05, 3.63) is 0 Å². The van der Waals surface area contributed by atoms with E-state index in [4.69, 9.17) is 5.11 Å². The fourth-order valence-corrected chi connectivity index (χ4v) is 1.74. The predicted octanol–water partition coefficient (Wildman–Crippen LogP) is -0.277. The molecule has 7 nitrogen and oxygen atoms in total. The van der Waals surface area contributed by atoms with Crippen molar-refractivity contribution in [1.82, 2.24) is 15.1 Å². The van der Waals surface area contributed by atoms with Crippen LogP contribution in [0.5, 0.6) is 0 Å². The molecular weight excluding hydrogens is 238 g/mol. The molecule has 1 aliphatic heterocycles. The van der Waals surface area contributed by atoms with Gasteiger partial charge in [-0.25, -0.2) is 9.59 Å². The van der Waals surface area contributed by atoms with Crippen LogP contribution in [-0.2, 0) is 9.59 Å². The number of nitrogens with one attached hydrogen (secondary N) is 1. The van der Waals surface area contributed by atoms with E-state index >= 15 is 0 Å². The number of rotatable bonds is 3. The lowest BCUT2D eigenvalue weighted by Crippen LogP contribution is -2.49. The van der Waals surface area contributed by atoms with Crippen molar-refractivity contribution in [1.29, 1.82) is 0 Å². The van der Waals surface area contributed by atoms with Gasteiger partial charge in [-0.15, -0.1) is 0 Å². The minimum Gasteiger partial charge on any atom is -0.480 e. The second kappa shape index (κ2) is 6.23. The van der Waals surface area contributed by atoms with Crippen molar-refractivity contribution < 1.29 is 19.5 Å². The van der Waals surface area contributed by atoms with Gasteiger partial charge in [0.15, 0.2) is 0 Å². The lowest BCUT2D eigenvalue weighted by molar-refractivity contribution is -0.139. The quantitative estimate of drug-likeness (QED) is 0.728. The molecule has 0 unspecified atom stereocenters. The number of amides is 3. The maximum atomic E-state index is 11.9. The Kier molecular flexibility index (Phi) is 4.94. The summed E-state index contributed by atoms with van der Waals surface area (Å²) in [6.07, 6.45) is 1.00. The summed E-state index contributed by atoms with van der Waals surface area (Å²) in [6, 6.07) is -1.40. The SMILES string of the molecule is CC[C@@H](NC(=O)N1CCCN(C)C(=O)C1)C(=O)O. The predicted molar refractivity (Wildman–Crippen MR) is 64.1 cm³/mol. The Hall–Kier alpha value is -1.79. The van der Waals surface area contributed by atoms with Gasteiger partial charge in [0.1, 0.15) is 12.6 Å². The molecule has 0 aliphatic carbocycles. The summed E-state index contributed by atoms with van der Waals surface area (Å²) < 4.78 is 0. The molecule has 18 heavy (non-hydrogen) atoms. The number of carbonyl (C=O) groups is 3. The lowest BCUT2D eigenvalue weighted by atomic mass is 10.2. The Balaban J connectivity index is 2.60. The molecule has 1 rings (SSSR count). The van der Waals surface area contributed by atoms with E-state index in [1.165, 1.54) is 4.90 Å². The highest BCUT2D eigenvalue weighted by molar-refractivity contribution is 5.86. The topological polar surface area (TPSA) is 90.0 Å². The van der Waals surface area contributed by atoms with Crippen LogP contribution in [0, 0.1) is 0 Å². The maximum Gasteiger partial charge on any atom is 0.326 e. The first-order valence-corrected chi connectivity index (χ1v) is 5.98. The van der Waals surface area contributed by atoms with E-state index in [9.17, 15) is 14.4 Å². The van der Waals surface area contributed by atoms with Gasteiger partial charge in [-0.05, 0) is 12.8 Å². The van der Waals surface area contributed by atoms with Crippen molar-refractivity contribution in [3.8, 4) is 0 Å². The maximum absolute atomic E-state index is 11.9. The molecule has 1 aliphatic rings. The monoisotopic (exact) mass is 257 g/mol. The third-order valence-corrected chi connectivity index (χ3v) is 2.96. The third-order valence-electron chi connectivity index (χ3n) is 2.96. The van der Waals surface area contributed by atoms with Gasteiger partial charge < -0.3 is 20.2 Å². The molecule has 0 aromatic carbocycles. The first-order chi connectivity index (χ1) is 8.45. The zero-order valence-electron chi connectivity index (χ0n) is 10.7. The molecule has 0 radical (unpaired) electrons. The summed E-state index contributed by atoms with van der Waals surface area (Å²) in [5.74, 6) is -1.20. The van der Waals surface area contributed by atoms with E-state index in [0.29, 0.717) is 25.9 Å². The number of carboxylic acids is 1. The third kappa shape index (κ3) is 3.61. The van der Waals surface area contributed by atoms with Gasteiger partial charge in [0.05, 0.1) is 0 Å². The van der Waals surface area contributed by atoms with Gasteiger partial charge in [0.2, 0.25) is 5.91 Å². The minimum atomic E-state index is -1.07. The van der Waals surface area contributed by atoms with E-state index in [0.717, 1.165) is 0 Å². The average Bonchev–Trinajstić information content (AvgIpc) is 2.48. The van der Waals surface area contributed by atoms with Crippen molar-refractivity contribution >= 4 is 17.9 Å². The fourth-order valence-electron chi connectivity index (χ4n) is 1.74. The molecule has 7 heteroatoms. The summed E-state index contributed by atoms with van der Waals surface area (Å²) in [4.78, 5) is 37.2. The number of carbonyl (C=O) groups excluding carboxylic acids is 2. The van der Waals surface area contributed by atoms with Gasteiger partial charge in [-0.1, -0.05) is 6.92 Å². The minimum absolute atomic E-state index is 0.00160. The van der Waals surface area contributed by atoms with Crippen molar-refractivity contribution in [2.45, 2.75) is 25.8 Å². The Morgan fingerprint density at radius 1 is 1.44 bits per heavy atom. The zero-order chi connectivity index (χ0) is 13.7. The molecule has 0 aromatic heterocycles. The number of urea groups is 1. The largest absolute Gasteiger partial charge is 0.480 e. The van der Waals surface area contributed by atoms with Crippen LogP contribution in [0.1, 0.15) is 19.8 Å². The molecule has 102 valence electrons. The van der Waals surface area contributed by atoms with E-state index in [1.807, 2.05) is 0 Å². The molecular formula is C11H19N3O4. The van der Waals surface area contributed by atoms with Crippen LogP contribution in [-0.4, -0.2) is 65.5 Å². The van der Waals surface area contributed by atoms with Crippen molar-refractivity contribution in [2.75, 3.05) is 26.7 Å².